The van der Waals surface area contributed by atoms with Gasteiger partial charge in [0.2, 0.25) is 0 Å². The largest absolute Gasteiger partial charge is 0.369 e. The molecule has 1 N–H and O–H groups in total. The summed E-state index contributed by atoms with van der Waals surface area (Å²) in [5, 5.41) is 5.46. The lowest BCUT2D eigenvalue weighted by molar-refractivity contribution is 0.725. The van der Waals surface area contributed by atoms with Gasteiger partial charge in [-0.25, -0.2) is 0 Å². The molecule has 0 aliphatic rings. The minimum atomic E-state index is 0.241. The van der Waals surface area contributed by atoms with Gasteiger partial charge >= 0.3 is 0 Å². The standard InChI is InChI=1S/C14H15NS2/c1-10-8-9-17-13(10)14(16)15-11(2)12-6-4-3-5-7-12/h3-9,11H,1-2H3,(H,15,16)/t11-/m0/s1. The van der Waals surface area contributed by atoms with Crippen LogP contribution in [0.4, 0.5) is 0 Å². The molecule has 2 rings (SSSR count). The van der Waals surface area contributed by atoms with E-state index in [0.29, 0.717) is 0 Å². The van der Waals surface area contributed by atoms with Gasteiger partial charge < -0.3 is 5.32 Å². The summed E-state index contributed by atoms with van der Waals surface area (Å²) in [4.78, 5) is 2.01. The lowest BCUT2D eigenvalue weighted by Crippen LogP contribution is -2.25. The molecule has 1 aromatic carbocycles. The van der Waals surface area contributed by atoms with Gasteiger partial charge in [0.1, 0.15) is 4.99 Å². The lowest BCUT2D eigenvalue weighted by atomic mass is 10.1. The molecule has 88 valence electrons. The maximum Gasteiger partial charge on any atom is 0.117 e. The van der Waals surface area contributed by atoms with E-state index in [-0.39, 0.29) is 6.04 Å². The van der Waals surface area contributed by atoms with Gasteiger partial charge in [0.15, 0.2) is 0 Å². The van der Waals surface area contributed by atoms with E-state index in [1.165, 1.54) is 16.0 Å². The van der Waals surface area contributed by atoms with E-state index >= 15 is 0 Å². The Labute approximate surface area is 111 Å². The van der Waals surface area contributed by atoms with Gasteiger partial charge in [-0.1, -0.05) is 42.5 Å². The number of thiophene rings is 1. The summed E-state index contributed by atoms with van der Waals surface area (Å²) in [5.74, 6) is 0. The maximum absolute atomic E-state index is 5.44. The minimum Gasteiger partial charge on any atom is -0.369 e. The highest BCUT2D eigenvalue weighted by Crippen LogP contribution is 2.18. The summed E-state index contributed by atoms with van der Waals surface area (Å²) in [6, 6.07) is 12.7. The summed E-state index contributed by atoms with van der Waals surface area (Å²) >= 11 is 7.13. The van der Waals surface area contributed by atoms with E-state index < -0.39 is 0 Å². The first-order valence-corrected chi connectivity index (χ1v) is 6.87. The number of hydrogen-bond donors (Lipinski definition) is 1. The average molecular weight is 261 g/mol. The molecular formula is C14H15NS2. The maximum atomic E-state index is 5.44. The molecule has 0 aliphatic heterocycles. The number of aryl methyl sites for hydroxylation is 1. The number of thiocarbonyl (C=S) groups is 1. The molecular weight excluding hydrogens is 246 g/mol. The Balaban J connectivity index is 2.08. The van der Waals surface area contributed by atoms with Crippen LogP contribution in [0.25, 0.3) is 0 Å². The van der Waals surface area contributed by atoms with Crippen molar-refractivity contribution in [2.45, 2.75) is 19.9 Å². The molecule has 0 bridgehead atoms. The van der Waals surface area contributed by atoms with Crippen LogP contribution in [0.15, 0.2) is 41.8 Å². The van der Waals surface area contributed by atoms with Crippen molar-refractivity contribution in [2.24, 2.45) is 0 Å². The number of hydrogen-bond acceptors (Lipinski definition) is 2. The van der Waals surface area contributed by atoms with Crippen LogP contribution in [0.1, 0.15) is 29.0 Å². The van der Waals surface area contributed by atoms with Crippen LogP contribution >= 0.6 is 23.6 Å². The lowest BCUT2D eigenvalue weighted by Gasteiger charge is -2.16. The number of benzene rings is 1. The van der Waals surface area contributed by atoms with Gasteiger partial charge in [0.05, 0.1) is 4.88 Å². The quantitative estimate of drug-likeness (QED) is 0.835. The van der Waals surface area contributed by atoms with Gasteiger partial charge in [0.25, 0.3) is 0 Å². The fraction of sp³-hybridized carbons (Fsp3) is 0.214. The molecule has 0 amide bonds. The predicted molar refractivity (Wildman–Crippen MR) is 78.7 cm³/mol. The van der Waals surface area contributed by atoms with Crippen molar-refractivity contribution in [3.63, 3.8) is 0 Å². The first-order chi connectivity index (χ1) is 8.18. The van der Waals surface area contributed by atoms with Crippen LogP contribution in [0.5, 0.6) is 0 Å². The van der Waals surface area contributed by atoms with Gasteiger partial charge in [-0.3, -0.25) is 0 Å². The molecule has 1 nitrogen and oxygen atoms in total. The van der Waals surface area contributed by atoms with Crippen molar-refractivity contribution < 1.29 is 0 Å². The Morgan fingerprint density at radius 1 is 1.24 bits per heavy atom. The summed E-state index contributed by atoms with van der Waals surface area (Å²) in [7, 11) is 0. The van der Waals surface area contributed by atoms with Crippen molar-refractivity contribution >= 4 is 28.5 Å². The molecule has 0 spiro atoms. The zero-order valence-corrected chi connectivity index (χ0v) is 11.6. The highest BCUT2D eigenvalue weighted by Gasteiger charge is 2.10. The number of nitrogens with one attached hydrogen (secondary N) is 1. The van der Waals surface area contributed by atoms with Gasteiger partial charge in [-0.05, 0) is 36.4 Å². The Morgan fingerprint density at radius 2 is 1.94 bits per heavy atom. The van der Waals surface area contributed by atoms with E-state index in [1.807, 2.05) is 18.2 Å². The second-order valence-corrected chi connectivity index (χ2v) is 5.36. The van der Waals surface area contributed by atoms with Crippen LogP contribution in [-0.4, -0.2) is 4.99 Å². The number of rotatable bonds is 3. The van der Waals surface area contributed by atoms with Crippen molar-refractivity contribution in [1.29, 1.82) is 0 Å². The molecule has 0 saturated heterocycles. The molecule has 0 aliphatic carbocycles. The molecule has 0 unspecified atom stereocenters. The summed E-state index contributed by atoms with van der Waals surface area (Å²) < 4.78 is 0. The van der Waals surface area contributed by atoms with Crippen molar-refractivity contribution in [3.8, 4) is 0 Å². The van der Waals surface area contributed by atoms with E-state index in [0.717, 1.165) is 4.99 Å². The van der Waals surface area contributed by atoms with Gasteiger partial charge in [0, 0.05) is 6.04 Å². The van der Waals surface area contributed by atoms with Crippen molar-refractivity contribution in [1.82, 2.24) is 5.32 Å². The molecule has 0 saturated carbocycles. The van der Waals surface area contributed by atoms with E-state index in [1.54, 1.807) is 11.3 Å². The Hall–Kier alpha value is -1.19. The highest BCUT2D eigenvalue weighted by atomic mass is 32.1. The van der Waals surface area contributed by atoms with E-state index in [4.69, 9.17) is 12.2 Å². The summed E-state index contributed by atoms with van der Waals surface area (Å²) in [6.07, 6.45) is 0. The fourth-order valence-electron chi connectivity index (χ4n) is 1.69. The zero-order chi connectivity index (χ0) is 12.3. The third kappa shape index (κ3) is 2.93. The van der Waals surface area contributed by atoms with Crippen molar-refractivity contribution in [3.05, 3.63) is 57.8 Å². The SMILES string of the molecule is Cc1ccsc1C(=S)N[C@@H](C)c1ccccc1. The topological polar surface area (TPSA) is 12.0 Å². The molecule has 17 heavy (non-hydrogen) atoms. The third-order valence-electron chi connectivity index (χ3n) is 2.72. The molecule has 1 aromatic heterocycles. The van der Waals surface area contributed by atoms with Gasteiger partial charge in [-0.2, -0.15) is 0 Å². The predicted octanol–water partition coefficient (Wildman–Crippen LogP) is 4.08. The minimum absolute atomic E-state index is 0.241. The van der Waals surface area contributed by atoms with Crippen LogP contribution in [0, 0.1) is 6.92 Å². The van der Waals surface area contributed by atoms with Crippen molar-refractivity contribution in [2.75, 3.05) is 0 Å². The molecule has 3 heteroatoms. The smallest absolute Gasteiger partial charge is 0.117 e. The Bertz CT molecular complexity index is 502. The van der Waals surface area contributed by atoms with E-state index in [9.17, 15) is 0 Å². The fourth-order valence-corrected chi connectivity index (χ4v) is 3.00. The molecule has 2 aromatic rings. The zero-order valence-electron chi connectivity index (χ0n) is 9.94. The van der Waals surface area contributed by atoms with Crippen LogP contribution in [-0.2, 0) is 0 Å². The van der Waals surface area contributed by atoms with E-state index in [2.05, 4.69) is 42.7 Å². The molecule has 1 atom stereocenters. The average Bonchev–Trinajstić information content (AvgIpc) is 2.76. The monoisotopic (exact) mass is 261 g/mol. The Morgan fingerprint density at radius 3 is 2.53 bits per heavy atom. The third-order valence-corrected chi connectivity index (χ3v) is 4.20. The second-order valence-electron chi connectivity index (χ2n) is 4.04. The first-order valence-electron chi connectivity index (χ1n) is 5.58. The molecule has 0 radical (unpaired) electrons. The first kappa shape index (κ1) is 12.3. The highest BCUT2D eigenvalue weighted by molar-refractivity contribution is 7.81. The summed E-state index contributed by atoms with van der Waals surface area (Å²) in [5.41, 5.74) is 2.50. The molecule has 0 fully saturated rings. The Kier molecular flexibility index (Phi) is 3.92. The van der Waals surface area contributed by atoms with Gasteiger partial charge in [-0.15, -0.1) is 11.3 Å². The van der Waals surface area contributed by atoms with Crippen LogP contribution in [0.2, 0.25) is 0 Å². The summed E-state index contributed by atoms with van der Waals surface area (Å²) in [6.45, 7) is 4.22. The van der Waals surface area contributed by atoms with Crippen LogP contribution in [0.3, 0.4) is 0 Å². The normalized spacial score (nSPS) is 12.1. The second kappa shape index (κ2) is 5.43. The molecule has 1 heterocycles. The van der Waals surface area contributed by atoms with Crippen LogP contribution < -0.4 is 5.32 Å².